The molecule has 0 fully saturated rings. The van der Waals surface area contributed by atoms with Gasteiger partial charge in [-0.25, -0.2) is 0 Å². The lowest BCUT2D eigenvalue weighted by atomic mass is 9.98. The Kier molecular flexibility index (Phi) is 1.88. The Hall–Kier alpha value is -0.460. The van der Waals surface area contributed by atoms with Crippen molar-refractivity contribution in [3.8, 4) is 0 Å². The highest BCUT2D eigenvalue weighted by molar-refractivity contribution is 4.85. The minimum atomic E-state index is 0.0573. The van der Waals surface area contributed by atoms with E-state index < -0.39 is 0 Å². The second-order valence-electron chi connectivity index (χ2n) is 2.67. The first kappa shape index (κ1) is 6.54. The molecule has 0 heterocycles. The zero-order valence-corrected chi connectivity index (χ0v) is 5.06. The van der Waals surface area contributed by atoms with Crippen molar-refractivity contribution in [1.29, 1.82) is 0 Å². The van der Waals surface area contributed by atoms with Crippen LogP contribution < -0.4 is 5.11 Å². The number of hydrogen-bond acceptors (Lipinski definition) is 1. The summed E-state index contributed by atoms with van der Waals surface area (Å²) in [5.41, 5.74) is 0.0573. The second-order valence-corrected chi connectivity index (χ2v) is 2.67. The van der Waals surface area contributed by atoms with Crippen LogP contribution in [0.2, 0.25) is 0 Å². The third kappa shape index (κ3) is 5.54. The van der Waals surface area contributed by atoms with Gasteiger partial charge in [0, 0.05) is 0 Å². The predicted octanol–water partition coefficient (Wildman–Crippen LogP) is 0.906. The van der Waals surface area contributed by atoms with E-state index in [0.29, 0.717) is 0 Å². The maximum atomic E-state index is 9.76. The van der Waals surface area contributed by atoms with Crippen LogP contribution in [0.3, 0.4) is 0 Å². The third-order valence-corrected chi connectivity index (χ3v) is 0.568. The van der Waals surface area contributed by atoms with E-state index in [1.54, 1.807) is 6.08 Å². The molecular formula is C6H11O-. The predicted molar refractivity (Wildman–Crippen MR) is 28.6 cm³/mol. The summed E-state index contributed by atoms with van der Waals surface area (Å²) in [5, 5.41) is 9.76. The van der Waals surface area contributed by atoms with Gasteiger partial charge in [-0.2, -0.15) is 6.26 Å². The maximum absolute atomic E-state index is 9.76. The van der Waals surface area contributed by atoms with E-state index in [4.69, 9.17) is 0 Å². The van der Waals surface area contributed by atoms with Crippen LogP contribution in [0, 0.1) is 5.41 Å². The number of rotatable bonds is 0. The summed E-state index contributed by atoms with van der Waals surface area (Å²) in [5.74, 6) is 0. The van der Waals surface area contributed by atoms with Crippen molar-refractivity contribution in [2.75, 3.05) is 0 Å². The van der Waals surface area contributed by atoms with Gasteiger partial charge in [0.1, 0.15) is 0 Å². The monoisotopic (exact) mass is 99.1 g/mol. The van der Waals surface area contributed by atoms with Gasteiger partial charge in [-0.1, -0.05) is 26.8 Å². The topological polar surface area (TPSA) is 23.1 Å². The molecule has 0 spiro atoms. The van der Waals surface area contributed by atoms with Crippen LogP contribution in [-0.4, -0.2) is 0 Å². The maximum Gasteiger partial charge on any atom is -0.0212 e. The molecule has 1 nitrogen and oxygen atoms in total. The molecular weight excluding hydrogens is 88.1 g/mol. The molecule has 7 heavy (non-hydrogen) atoms. The summed E-state index contributed by atoms with van der Waals surface area (Å²) in [6.07, 6.45) is 2.47. The Morgan fingerprint density at radius 2 is 1.71 bits per heavy atom. The summed E-state index contributed by atoms with van der Waals surface area (Å²) in [6.45, 7) is 5.96. The van der Waals surface area contributed by atoms with E-state index >= 15 is 0 Å². The van der Waals surface area contributed by atoms with Crippen molar-refractivity contribution >= 4 is 0 Å². The van der Waals surface area contributed by atoms with Gasteiger partial charge in [0.2, 0.25) is 0 Å². The Bertz CT molecular complexity index is 66.7. The Balaban J connectivity index is 3.56. The first-order chi connectivity index (χ1) is 3.06. The minimum Gasteiger partial charge on any atom is -0.878 e. The fourth-order valence-corrected chi connectivity index (χ4v) is 0.204. The summed E-state index contributed by atoms with van der Waals surface area (Å²) in [7, 11) is 0. The molecule has 0 aliphatic heterocycles. The average Bonchev–Trinajstić information content (AvgIpc) is 1.30. The van der Waals surface area contributed by atoms with Crippen LogP contribution >= 0.6 is 0 Å². The molecule has 0 radical (unpaired) electrons. The summed E-state index contributed by atoms with van der Waals surface area (Å²) >= 11 is 0. The quantitative estimate of drug-likeness (QED) is 0.414. The van der Waals surface area contributed by atoms with Gasteiger partial charge in [-0.3, -0.25) is 0 Å². The summed E-state index contributed by atoms with van der Waals surface area (Å²) in [4.78, 5) is 0. The first-order valence-corrected chi connectivity index (χ1v) is 2.36. The molecule has 0 aliphatic rings. The molecule has 0 aromatic heterocycles. The average molecular weight is 99.2 g/mol. The van der Waals surface area contributed by atoms with E-state index in [0.717, 1.165) is 6.26 Å². The van der Waals surface area contributed by atoms with Crippen molar-refractivity contribution in [2.45, 2.75) is 20.8 Å². The highest BCUT2D eigenvalue weighted by Crippen LogP contribution is 2.12. The molecule has 0 amide bonds. The van der Waals surface area contributed by atoms with E-state index in [9.17, 15) is 5.11 Å². The van der Waals surface area contributed by atoms with Crippen LogP contribution in [0.15, 0.2) is 12.3 Å². The Labute approximate surface area is 44.7 Å². The fourth-order valence-electron chi connectivity index (χ4n) is 0.204. The van der Waals surface area contributed by atoms with Gasteiger partial charge >= 0.3 is 0 Å². The van der Waals surface area contributed by atoms with Gasteiger partial charge in [0.05, 0.1) is 0 Å². The molecule has 0 N–H and O–H groups in total. The summed E-state index contributed by atoms with van der Waals surface area (Å²) in [6, 6.07) is 0. The lowest BCUT2D eigenvalue weighted by Crippen LogP contribution is -2.01. The van der Waals surface area contributed by atoms with Gasteiger partial charge in [-0.05, 0) is 5.41 Å². The zero-order chi connectivity index (χ0) is 5.91. The molecule has 0 bridgehead atoms. The molecule has 0 aliphatic carbocycles. The molecule has 0 rings (SSSR count). The van der Waals surface area contributed by atoms with E-state index in [1.165, 1.54) is 0 Å². The molecule has 0 aromatic carbocycles. The van der Waals surface area contributed by atoms with Gasteiger partial charge in [-0.15, -0.1) is 0 Å². The highest BCUT2D eigenvalue weighted by Gasteiger charge is 2.00. The molecule has 0 saturated carbocycles. The molecule has 0 unspecified atom stereocenters. The van der Waals surface area contributed by atoms with Crippen molar-refractivity contribution in [3.63, 3.8) is 0 Å². The minimum absolute atomic E-state index is 0.0573. The van der Waals surface area contributed by atoms with E-state index in [2.05, 4.69) is 0 Å². The van der Waals surface area contributed by atoms with E-state index in [-0.39, 0.29) is 5.41 Å². The van der Waals surface area contributed by atoms with Crippen LogP contribution in [0.5, 0.6) is 0 Å². The largest absolute Gasteiger partial charge is 0.878 e. The van der Waals surface area contributed by atoms with Gasteiger partial charge in [0.25, 0.3) is 0 Å². The molecule has 1 heteroatoms. The van der Waals surface area contributed by atoms with Crippen LogP contribution in [0.4, 0.5) is 0 Å². The smallest absolute Gasteiger partial charge is 0.0212 e. The van der Waals surface area contributed by atoms with Crippen LogP contribution in [-0.2, 0) is 0 Å². The SMILES string of the molecule is CC(C)(C)/C=C\[O-]. The zero-order valence-electron chi connectivity index (χ0n) is 5.06. The van der Waals surface area contributed by atoms with Crippen LogP contribution in [0.25, 0.3) is 0 Å². The molecule has 0 atom stereocenters. The highest BCUT2D eigenvalue weighted by atomic mass is 16.2. The van der Waals surface area contributed by atoms with Crippen molar-refractivity contribution < 1.29 is 5.11 Å². The van der Waals surface area contributed by atoms with Crippen molar-refractivity contribution in [2.24, 2.45) is 5.41 Å². The lowest BCUT2D eigenvalue weighted by Gasteiger charge is -2.11. The molecule has 0 saturated heterocycles. The standard InChI is InChI=1S/C6H12O/c1-6(2,3)4-5-7/h4-5,7H,1-3H3/p-1/b5-4-. The molecule has 0 aromatic rings. The normalized spacial score (nSPS) is 13.0. The lowest BCUT2D eigenvalue weighted by molar-refractivity contribution is -0.275. The summed E-state index contributed by atoms with van der Waals surface area (Å²) < 4.78 is 0. The van der Waals surface area contributed by atoms with E-state index in [1.807, 2.05) is 20.8 Å². The number of allylic oxidation sites excluding steroid dienone is 1. The first-order valence-electron chi connectivity index (χ1n) is 2.36. The molecule has 42 valence electrons. The van der Waals surface area contributed by atoms with Gasteiger partial charge in [0.15, 0.2) is 0 Å². The Morgan fingerprint density at radius 1 is 1.29 bits per heavy atom. The van der Waals surface area contributed by atoms with Crippen molar-refractivity contribution in [1.82, 2.24) is 0 Å². The fraction of sp³-hybridized carbons (Fsp3) is 0.667. The second kappa shape index (κ2) is 2.01. The van der Waals surface area contributed by atoms with Crippen LogP contribution in [0.1, 0.15) is 20.8 Å². The Morgan fingerprint density at radius 3 is 1.71 bits per heavy atom. The van der Waals surface area contributed by atoms with Crippen molar-refractivity contribution in [3.05, 3.63) is 12.3 Å². The van der Waals surface area contributed by atoms with Gasteiger partial charge < -0.3 is 5.11 Å². The third-order valence-electron chi connectivity index (χ3n) is 0.568. The number of hydrogen-bond donors (Lipinski definition) is 0.